The van der Waals surface area contributed by atoms with E-state index < -0.39 is 0 Å². The Kier molecular flexibility index (Phi) is 2.25. The number of para-hydroxylation sites is 1. The average molecular weight is 228 g/mol. The Bertz CT molecular complexity index is 560. The lowest BCUT2D eigenvalue weighted by atomic mass is 10.2. The molecule has 0 radical (unpaired) electrons. The molecular formula is C10H7Cl2NO. The van der Waals surface area contributed by atoms with Gasteiger partial charge in [-0.15, -0.1) is 0 Å². The number of halogens is 2. The zero-order chi connectivity index (χ0) is 10.3. The third-order valence-corrected chi connectivity index (χ3v) is 2.87. The molecule has 0 spiro atoms. The van der Waals surface area contributed by atoms with Crippen LogP contribution < -0.4 is 5.43 Å². The first-order valence-corrected chi connectivity index (χ1v) is 4.83. The zero-order valence-corrected chi connectivity index (χ0v) is 8.91. The molecule has 2 nitrogen and oxygen atoms in total. The standard InChI is InChI=1S/C10H7Cl2NO/c1-5-8(12)10(14)6-3-2-4-7(11)9(6)13-5/h2-4H,1H3,(H,13,14). The van der Waals surface area contributed by atoms with Crippen molar-refractivity contribution in [3.63, 3.8) is 0 Å². The van der Waals surface area contributed by atoms with Crippen LogP contribution in [0.15, 0.2) is 23.0 Å². The summed E-state index contributed by atoms with van der Waals surface area (Å²) in [6.45, 7) is 1.74. The van der Waals surface area contributed by atoms with E-state index in [9.17, 15) is 4.79 Å². The van der Waals surface area contributed by atoms with Crippen LogP contribution in [-0.2, 0) is 0 Å². The van der Waals surface area contributed by atoms with E-state index >= 15 is 0 Å². The van der Waals surface area contributed by atoms with E-state index in [4.69, 9.17) is 23.2 Å². The highest BCUT2D eigenvalue weighted by molar-refractivity contribution is 6.35. The van der Waals surface area contributed by atoms with Crippen LogP contribution in [0.4, 0.5) is 0 Å². The molecule has 0 atom stereocenters. The number of fused-ring (bicyclic) bond motifs is 1. The van der Waals surface area contributed by atoms with Crippen LogP contribution in [0.2, 0.25) is 10.0 Å². The SMILES string of the molecule is Cc1[nH]c2c(Cl)cccc2c(=O)c1Cl. The molecule has 0 saturated carbocycles. The van der Waals surface area contributed by atoms with Gasteiger partial charge in [0.25, 0.3) is 0 Å². The predicted octanol–water partition coefficient (Wildman–Crippen LogP) is 3.14. The van der Waals surface area contributed by atoms with Gasteiger partial charge in [-0.05, 0) is 19.1 Å². The molecule has 1 aromatic heterocycles. The lowest BCUT2D eigenvalue weighted by Gasteiger charge is -2.03. The Morgan fingerprint density at radius 1 is 1.29 bits per heavy atom. The van der Waals surface area contributed by atoms with E-state index in [2.05, 4.69) is 4.98 Å². The van der Waals surface area contributed by atoms with Crippen molar-refractivity contribution in [1.82, 2.24) is 4.98 Å². The summed E-state index contributed by atoms with van der Waals surface area (Å²) in [7, 11) is 0. The van der Waals surface area contributed by atoms with Gasteiger partial charge >= 0.3 is 0 Å². The molecule has 1 heterocycles. The van der Waals surface area contributed by atoms with Gasteiger partial charge in [-0.3, -0.25) is 4.79 Å². The molecule has 0 aliphatic rings. The maximum Gasteiger partial charge on any atom is 0.208 e. The number of aromatic amines is 1. The van der Waals surface area contributed by atoms with Crippen LogP contribution in [0, 0.1) is 6.92 Å². The zero-order valence-electron chi connectivity index (χ0n) is 7.40. The van der Waals surface area contributed by atoms with Crippen molar-refractivity contribution in [2.75, 3.05) is 0 Å². The Morgan fingerprint density at radius 2 is 2.00 bits per heavy atom. The molecule has 0 amide bonds. The smallest absolute Gasteiger partial charge is 0.208 e. The van der Waals surface area contributed by atoms with Gasteiger partial charge in [-0.2, -0.15) is 0 Å². The summed E-state index contributed by atoms with van der Waals surface area (Å²) in [4.78, 5) is 14.7. The highest BCUT2D eigenvalue weighted by Gasteiger charge is 2.08. The van der Waals surface area contributed by atoms with Crippen LogP contribution >= 0.6 is 23.2 Å². The van der Waals surface area contributed by atoms with Gasteiger partial charge in [0, 0.05) is 11.1 Å². The second kappa shape index (κ2) is 3.30. The van der Waals surface area contributed by atoms with E-state index in [1.807, 2.05) is 0 Å². The highest BCUT2D eigenvalue weighted by Crippen LogP contribution is 2.21. The molecule has 0 aliphatic heterocycles. The molecule has 1 aromatic carbocycles. The second-order valence-electron chi connectivity index (χ2n) is 3.06. The van der Waals surface area contributed by atoms with Crippen molar-refractivity contribution < 1.29 is 0 Å². The van der Waals surface area contributed by atoms with Crippen LogP contribution in [0.5, 0.6) is 0 Å². The third kappa shape index (κ3) is 1.31. The molecule has 2 rings (SSSR count). The fourth-order valence-corrected chi connectivity index (χ4v) is 1.74. The lowest BCUT2D eigenvalue weighted by Crippen LogP contribution is -2.06. The molecule has 0 fully saturated rings. The van der Waals surface area contributed by atoms with Crippen LogP contribution in [0.25, 0.3) is 10.9 Å². The average Bonchev–Trinajstić information content (AvgIpc) is 2.17. The van der Waals surface area contributed by atoms with Crippen molar-refractivity contribution in [3.05, 3.63) is 44.2 Å². The van der Waals surface area contributed by atoms with Crippen molar-refractivity contribution in [2.45, 2.75) is 6.92 Å². The van der Waals surface area contributed by atoms with E-state index in [0.29, 0.717) is 21.6 Å². The molecule has 1 N–H and O–H groups in total. The van der Waals surface area contributed by atoms with Gasteiger partial charge < -0.3 is 4.98 Å². The molecule has 14 heavy (non-hydrogen) atoms. The number of benzene rings is 1. The van der Waals surface area contributed by atoms with Crippen molar-refractivity contribution >= 4 is 34.1 Å². The highest BCUT2D eigenvalue weighted by atomic mass is 35.5. The molecule has 4 heteroatoms. The summed E-state index contributed by atoms with van der Waals surface area (Å²) >= 11 is 11.8. The van der Waals surface area contributed by atoms with Crippen molar-refractivity contribution in [2.24, 2.45) is 0 Å². The maximum absolute atomic E-state index is 11.7. The van der Waals surface area contributed by atoms with Gasteiger partial charge in [0.15, 0.2) is 0 Å². The van der Waals surface area contributed by atoms with Gasteiger partial charge in [-0.25, -0.2) is 0 Å². The Morgan fingerprint density at radius 3 is 2.71 bits per heavy atom. The normalized spacial score (nSPS) is 10.8. The molecular weight excluding hydrogens is 221 g/mol. The number of aromatic nitrogens is 1. The number of rotatable bonds is 0. The number of hydrogen-bond donors (Lipinski definition) is 1. The molecule has 0 saturated heterocycles. The van der Waals surface area contributed by atoms with Crippen molar-refractivity contribution in [1.29, 1.82) is 0 Å². The van der Waals surface area contributed by atoms with Crippen molar-refractivity contribution in [3.8, 4) is 0 Å². The largest absolute Gasteiger partial charge is 0.356 e. The van der Waals surface area contributed by atoms with Crippen LogP contribution in [0.3, 0.4) is 0 Å². The fourth-order valence-electron chi connectivity index (χ4n) is 1.37. The summed E-state index contributed by atoms with van der Waals surface area (Å²) in [6.07, 6.45) is 0. The Balaban J connectivity index is 3.06. The Labute approximate surface area is 90.5 Å². The van der Waals surface area contributed by atoms with Crippen LogP contribution in [-0.4, -0.2) is 4.98 Å². The van der Waals surface area contributed by atoms with Gasteiger partial charge in [0.2, 0.25) is 5.43 Å². The number of aryl methyl sites for hydroxylation is 1. The molecule has 0 unspecified atom stereocenters. The minimum absolute atomic E-state index is 0.180. The summed E-state index contributed by atoms with van der Waals surface area (Å²) in [5, 5.41) is 1.27. The van der Waals surface area contributed by atoms with E-state index in [0.717, 1.165) is 0 Å². The predicted molar refractivity (Wildman–Crippen MR) is 59.3 cm³/mol. The minimum Gasteiger partial charge on any atom is -0.356 e. The first kappa shape index (κ1) is 9.56. The maximum atomic E-state index is 11.7. The quantitative estimate of drug-likeness (QED) is 0.738. The van der Waals surface area contributed by atoms with E-state index in [1.165, 1.54) is 0 Å². The molecule has 2 aromatic rings. The number of pyridine rings is 1. The second-order valence-corrected chi connectivity index (χ2v) is 3.84. The summed E-state index contributed by atoms with van der Waals surface area (Å²) < 4.78 is 0. The van der Waals surface area contributed by atoms with Crippen LogP contribution in [0.1, 0.15) is 5.69 Å². The number of hydrogen-bond acceptors (Lipinski definition) is 1. The third-order valence-electron chi connectivity index (χ3n) is 2.10. The first-order valence-electron chi connectivity index (χ1n) is 4.08. The number of nitrogens with one attached hydrogen (secondary N) is 1. The number of H-pyrrole nitrogens is 1. The molecule has 72 valence electrons. The van der Waals surface area contributed by atoms with Gasteiger partial charge in [0.05, 0.1) is 10.5 Å². The summed E-state index contributed by atoms with van der Waals surface area (Å²) in [5.74, 6) is 0. The molecule has 0 aliphatic carbocycles. The van der Waals surface area contributed by atoms with E-state index in [1.54, 1.807) is 25.1 Å². The fraction of sp³-hybridized carbons (Fsp3) is 0.100. The summed E-state index contributed by atoms with van der Waals surface area (Å²) in [6, 6.07) is 5.16. The lowest BCUT2D eigenvalue weighted by molar-refractivity contribution is 1.24. The monoisotopic (exact) mass is 227 g/mol. The Hall–Kier alpha value is -0.990. The topological polar surface area (TPSA) is 32.9 Å². The van der Waals surface area contributed by atoms with Gasteiger partial charge in [0.1, 0.15) is 5.02 Å². The van der Waals surface area contributed by atoms with Gasteiger partial charge in [-0.1, -0.05) is 29.3 Å². The van der Waals surface area contributed by atoms with E-state index in [-0.39, 0.29) is 10.5 Å². The molecule has 0 bridgehead atoms. The minimum atomic E-state index is -0.180. The summed E-state index contributed by atoms with van der Waals surface area (Å²) in [5.41, 5.74) is 1.10. The first-order chi connectivity index (χ1) is 6.61.